The van der Waals surface area contributed by atoms with Crippen molar-refractivity contribution in [3.8, 4) is 5.75 Å². The van der Waals surface area contributed by atoms with Crippen molar-refractivity contribution in [2.75, 3.05) is 6.54 Å². The monoisotopic (exact) mass is 273 g/mol. The van der Waals surface area contributed by atoms with Crippen LogP contribution in [0, 0.1) is 0 Å². The zero-order valence-electron chi connectivity index (χ0n) is 11.3. The average Bonchev–Trinajstić information content (AvgIpc) is 2.96. The molecule has 0 radical (unpaired) electrons. The van der Waals surface area contributed by atoms with Gasteiger partial charge in [0, 0.05) is 17.0 Å². The Morgan fingerprint density at radius 2 is 2.05 bits per heavy atom. The van der Waals surface area contributed by atoms with Crippen LogP contribution in [0.2, 0.25) is 0 Å². The quantitative estimate of drug-likeness (QED) is 0.915. The molecule has 2 nitrogen and oxygen atoms in total. The largest absolute Gasteiger partial charge is 0.486 e. The maximum Gasteiger partial charge on any atom is 0.125 e. The van der Waals surface area contributed by atoms with E-state index in [1.54, 1.807) is 0 Å². The Morgan fingerprint density at radius 1 is 1.21 bits per heavy atom. The molecule has 2 heterocycles. The maximum atomic E-state index is 6.03. The van der Waals surface area contributed by atoms with E-state index in [0.717, 1.165) is 18.7 Å². The molecule has 2 aromatic rings. The summed E-state index contributed by atoms with van der Waals surface area (Å²) in [6.45, 7) is 5.28. The van der Waals surface area contributed by atoms with Gasteiger partial charge in [0.15, 0.2) is 0 Å². The fourth-order valence-electron chi connectivity index (χ4n) is 2.68. The molecular formula is C16H19NOS. The van der Waals surface area contributed by atoms with Gasteiger partial charge in [0.2, 0.25) is 0 Å². The van der Waals surface area contributed by atoms with Crippen LogP contribution >= 0.6 is 11.3 Å². The van der Waals surface area contributed by atoms with E-state index in [4.69, 9.17) is 4.74 Å². The zero-order chi connectivity index (χ0) is 13.3. The van der Waals surface area contributed by atoms with Gasteiger partial charge in [-0.15, -0.1) is 11.3 Å². The fourth-order valence-corrected chi connectivity index (χ4v) is 3.39. The van der Waals surface area contributed by atoms with Gasteiger partial charge in [-0.25, -0.2) is 0 Å². The summed E-state index contributed by atoms with van der Waals surface area (Å²) in [6.07, 6.45) is 1.08. The predicted octanol–water partition coefficient (Wildman–Crippen LogP) is 3.79. The van der Waals surface area contributed by atoms with Crippen LogP contribution in [0.5, 0.6) is 5.75 Å². The molecule has 1 aromatic carbocycles. The molecule has 1 atom stereocenters. The highest BCUT2D eigenvalue weighted by molar-refractivity contribution is 7.09. The van der Waals surface area contributed by atoms with Crippen LogP contribution in [0.1, 0.15) is 30.3 Å². The van der Waals surface area contributed by atoms with Crippen molar-refractivity contribution in [1.82, 2.24) is 5.32 Å². The first-order valence-corrected chi connectivity index (χ1v) is 7.58. The van der Waals surface area contributed by atoms with Crippen molar-refractivity contribution in [2.24, 2.45) is 0 Å². The predicted molar refractivity (Wildman–Crippen MR) is 79.9 cm³/mol. The van der Waals surface area contributed by atoms with Crippen molar-refractivity contribution < 1.29 is 4.74 Å². The zero-order valence-corrected chi connectivity index (χ0v) is 12.2. The molecule has 0 bridgehead atoms. The highest BCUT2D eigenvalue weighted by Gasteiger charge is 2.40. The summed E-state index contributed by atoms with van der Waals surface area (Å²) < 4.78 is 6.03. The van der Waals surface area contributed by atoms with Crippen LogP contribution in [0.25, 0.3) is 0 Å². The van der Waals surface area contributed by atoms with Crippen molar-refractivity contribution in [3.63, 3.8) is 0 Å². The van der Waals surface area contributed by atoms with Gasteiger partial charge in [0.05, 0.1) is 6.04 Å². The van der Waals surface area contributed by atoms with Crippen molar-refractivity contribution in [1.29, 1.82) is 0 Å². The van der Waals surface area contributed by atoms with E-state index in [1.807, 2.05) is 17.4 Å². The first-order valence-electron chi connectivity index (χ1n) is 6.70. The number of benzene rings is 1. The van der Waals surface area contributed by atoms with Crippen molar-refractivity contribution in [2.45, 2.75) is 31.9 Å². The second-order valence-electron chi connectivity index (χ2n) is 5.46. The van der Waals surface area contributed by atoms with E-state index in [1.165, 1.54) is 10.4 Å². The Bertz CT molecular complexity index is 548. The highest BCUT2D eigenvalue weighted by atomic mass is 32.1. The summed E-state index contributed by atoms with van der Waals surface area (Å²) in [4.78, 5) is 1.43. The number of fused-ring (bicyclic) bond motifs is 1. The molecule has 1 aromatic heterocycles. The molecular weight excluding hydrogens is 254 g/mol. The SMILES string of the molecule is CC1(C)Oc2ccccc2C1NCCc1cccs1. The van der Waals surface area contributed by atoms with Gasteiger partial charge in [-0.05, 0) is 37.8 Å². The van der Waals surface area contributed by atoms with Crippen molar-refractivity contribution >= 4 is 11.3 Å². The standard InChI is InChI=1S/C16H19NOS/c1-16(2)15(13-7-3-4-8-14(13)18-16)17-10-9-12-6-5-11-19-12/h3-8,11,15,17H,9-10H2,1-2H3. The maximum absolute atomic E-state index is 6.03. The van der Waals surface area contributed by atoms with Crippen LogP contribution < -0.4 is 10.1 Å². The summed E-state index contributed by atoms with van der Waals surface area (Å²) in [7, 11) is 0. The highest BCUT2D eigenvalue weighted by Crippen LogP contribution is 2.42. The molecule has 0 fully saturated rings. The lowest BCUT2D eigenvalue weighted by Gasteiger charge is -2.27. The molecule has 1 aliphatic heterocycles. The summed E-state index contributed by atoms with van der Waals surface area (Å²) in [5, 5.41) is 5.78. The first kappa shape index (κ1) is 12.7. The molecule has 0 amide bonds. The Hall–Kier alpha value is -1.32. The van der Waals surface area contributed by atoms with Crippen LogP contribution in [0.3, 0.4) is 0 Å². The molecule has 100 valence electrons. The Balaban J connectivity index is 1.69. The van der Waals surface area contributed by atoms with Crippen LogP contribution in [0.4, 0.5) is 0 Å². The normalized spacial score (nSPS) is 20.0. The van der Waals surface area contributed by atoms with Gasteiger partial charge in [-0.2, -0.15) is 0 Å². The Morgan fingerprint density at radius 3 is 2.84 bits per heavy atom. The second kappa shape index (κ2) is 4.99. The van der Waals surface area contributed by atoms with Gasteiger partial charge in [-0.3, -0.25) is 0 Å². The molecule has 19 heavy (non-hydrogen) atoms. The second-order valence-corrected chi connectivity index (χ2v) is 6.49. The number of hydrogen-bond acceptors (Lipinski definition) is 3. The topological polar surface area (TPSA) is 21.3 Å². The smallest absolute Gasteiger partial charge is 0.125 e. The lowest BCUT2D eigenvalue weighted by molar-refractivity contribution is 0.0968. The number of nitrogens with one attached hydrogen (secondary N) is 1. The molecule has 3 rings (SSSR count). The van der Waals surface area contributed by atoms with Gasteiger partial charge < -0.3 is 10.1 Å². The lowest BCUT2D eigenvalue weighted by atomic mass is 9.94. The third-order valence-corrected chi connectivity index (χ3v) is 4.53. The number of ether oxygens (including phenoxy) is 1. The molecule has 0 saturated carbocycles. The van der Waals surface area contributed by atoms with Gasteiger partial charge in [0.1, 0.15) is 11.4 Å². The molecule has 1 aliphatic rings. The average molecular weight is 273 g/mol. The molecule has 0 saturated heterocycles. The molecule has 1 N–H and O–H groups in total. The summed E-state index contributed by atoms with van der Waals surface area (Å²) in [5.74, 6) is 1.01. The summed E-state index contributed by atoms with van der Waals surface area (Å²) >= 11 is 1.82. The van der Waals surface area contributed by atoms with Crippen LogP contribution in [-0.2, 0) is 6.42 Å². The van der Waals surface area contributed by atoms with E-state index in [-0.39, 0.29) is 11.6 Å². The summed E-state index contributed by atoms with van der Waals surface area (Å²) in [6, 6.07) is 12.9. The third-order valence-electron chi connectivity index (χ3n) is 3.60. The van der Waals surface area contributed by atoms with E-state index in [2.05, 4.69) is 54.9 Å². The van der Waals surface area contributed by atoms with E-state index in [9.17, 15) is 0 Å². The van der Waals surface area contributed by atoms with Crippen LogP contribution in [0.15, 0.2) is 41.8 Å². The molecule has 3 heteroatoms. The van der Waals surface area contributed by atoms with E-state index in [0.29, 0.717) is 0 Å². The van der Waals surface area contributed by atoms with Crippen molar-refractivity contribution in [3.05, 3.63) is 52.2 Å². The minimum absolute atomic E-state index is 0.181. The van der Waals surface area contributed by atoms with Gasteiger partial charge >= 0.3 is 0 Å². The minimum Gasteiger partial charge on any atom is -0.486 e. The Labute approximate surface area is 118 Å². The summed E-state index contributed by atoms with van der Waals surface area (Å²) in [5.41, 5.74) is 1.10. The number of rotatable bonds is 4. The van der Waals surface area contributed by atoms with E-state index >= 15 is 0 Å². The lowest BCUT2D eigenvalue weighted by Crippen LogP contribution is -2.39. The number of thiophene rings is 1. The van der Waals surface area contributed by atoms with Crippen LogP contribution in [-0.4, -0.2) is 12.1 Å². The van der Waals surface area contributed by atoms with E-state index < -0.39 is 0 Å². The number of para-hydroxylation sites is 1. The fraction of sp³-hybridized carbons (Fsp3) is 0.375. The molecule has 1 unspecified atom stereocenters. The van der Waals surface area contributed by atoms with Gasteiger partial charge in [0.25, 0.3) is 0 Å². The third kappa shape index (κ3) is 2.53. The molecule has 0 spiro atoms. The number of hydrogen-bond donors (Lipinski definition) is 1. The Kier molecular flexibility index (Phi) is 3.33. The first-order chi connectivity index (χ1) is 9.17. The van der Waals surface area contributed by atoms with Gasteiger partial charge in [-0.1, -0.05) is 24.3 Å². The molecule has 0 aliphatic carbocycles. The minimum atomic E-state index is -0.181.